The van der Waals surface area contributed by atoms with E-state index in [1.54, 1.807) is 6.92 Å². The number of carbonyl (C=O) groups excluding carboxylic acids is 1. The lowest BCUT2D eigenvalue weighted by atomic mass is 9.95. The highest BCUT2D eigenvalue weighted by Crippen LogP contribution is 2.31. The first-order valence-electron chi connectivity index (χ1n) is 10.4. The molecule has 1 aliphatic heterocycles. The summed E-state index contributed by atoms with van der Waals surface area (Å²) < 4.78 is 86.8. The molecule has 0 aromatic carbocycles. The van der Waals surface area contributed by atoms with Crippen molar-refractivity contribution in [1.82, 2.24) is 19.7 Å². The van der Waals surface area contributed by atoms with Crippen molar-refractivity contribution in [2.45, 2.75) is 31.5 Å². The number of nitrogens with one attached hydrogen (secondary N) is 1. The van der Waals surface area contributed by atoms with E-state index >= 15 is 0 Å². The molecular formula is C21H20F4N4O5S. The number of hydrogen-bond donors (Lipinski definition) is 1. The normalized spacial score (nSPS) is 17.2. The summed E-state index contributed by atoms with van der Waals surface area (Å²) in [5.74, 6) is -2.29. The first kappa shape index (κ1) is 24.7. The lowest BCUT2D eigenvalue weighted by molar-refractivity contribution is -0.153. The van der Waals surface area contributed by atoms with Crippen LogP contribution in [0.3, 0.4) is 0 Å². The summed E-state index contributed by atoms with van der Waals surface area (Å²) >= 11 is 0. The Labute approximate surface area is 197 Å². The third-order valence-electron chi connectivity index (χ3n) is 5.40. The number of halogens is 4. The van der Waals surface area contributed by atoms with Crippen LogP contribution in [0.25, 0.3) is 5.65 Å². The Bertz CT molecular complexity index is 1360. The summed E-state index contributed by atoms with van der Waals surface area (Å²) in [5, 5.41) is 2.77. The van der Waals surface area contributed by atoms with Crippen LogP contribution in [0.4, 0.5) is 17.6 Å². The molecule has 1 amide bonds. The molecule has 3 aromatic rings. The minimum Gasteiger partial charge on any atom is -0.478 e. The van der Waals surface area contributed by atoms with Gasteiger partial charge in [0.1, 0.15) is 21.3 Å². The molecule has 0 aliphatic carbocycles. The van der Waals surface area contributed by atoms with Crippen molar-refractivity contribution >= 4 is 21.4 Å². The lowest BCUT2D eigenvalue weighted by Crippen LogP contribution is -2.51. The molecule has 9 nitrogen and oxygen atoms in total. The molecule has 188 valence electrons. The smallest absolute Gasteiger partial charge is 0.422 e. The maximum Gasteiger partial charge on any atom is 0.422 e. The van der Waals surface area contributed by atoms with E-state index in [9.17, 15) is 30.8 Å². The van der Waals surface area contributed by atoms with Gasteiger partial charge >= 0.3 is 6.18 Å². The molecule has 1 fully saturated rings. The van der Waals surface area contributed by atoms with Gasteiger partial charge in [0.05, 0.1) is 17.7 Å². The fraction of sp³-hybridized carbons (Fsp3) is 0.381. The molecule has 1 saturated heterocycles. The average molecular weight is 516 g/mol. The van der Waals surface area contributed by atoms with Crippen molar-refractivity contribution in [3.63, 3.8) is 0 Å². The highest BCUT2D eigenvalue weighted by atomic mass is 32.2. The summed E-state index contributed by atoms with van der Waals surface area (Å²) in [6, 6.07) is 3.52. The van der Waals surface area contributed by atoms with Crippen LogP contribution in [0, 0.1) is 5.82 Å². The van der Waals surface area contributed by atoms with E-state index < -0.39 is 39.9 Å². The van der Waals surface area contributed by atoms with Crippen molar-refractivity contribution in [2.75, 3.05) is 18.1 Å². The fourth-order valence-electron chi connectivity index (χ4n) is 3.48. The summed E-state index contributed by atoms with van der Waals surface area (Å²) in [6.45, 7) is 0.167. The average Bonchev–Trinajstić information content (AvgIpc) is 3.20. The van der Waals surface area contributed by atoms with Crippen LogP contribution in [0.2, 0.25) is 0 Å². The molecule has 1 N–H and O–H groups in total. The molecule has 0 unspecified atom stereocenters. The summed E-state index contributed by atoms with van der Waals surface area (Å²) in [5.41, 5.74) is -1.05. The first-order chi connectivity index (χ1) is 16.3. The third-order valence-corrected chi connectivity index (χ3v) is 7.05. The quantitative estimate of drug-likeness (QED) is 0.501. The number of imidazole rings is 1. The van der Waals surface area contributed by atoms with Gasteiger partial charge in [-0.25, -0.2) is 22.8 Å². The Kier molecular flexibility index (Phi) is 6.34. The molecule has 0 saturated carbocycles. The number of ether oxygens (including phenoxy) is 2. The van der Waals surface area contributed by atoms with Gasteiger partial charge in [0.25, 0.3) is 11.8 Å². The number of alkyl halides is 3. The summed E-state index contributed by atoms with van der Waals surface area (Å²) in [7, 11) is -3.13. The van der Waals surface area contributed by atoms with Gasteiger partial charge in [0.2, 0.25) is 0 Å². The van der Waals surface area contributed by atoms with Gasteiger partial charge in [0, 0.05) is 24.0 Å². The molecular weight excluding hydrogens is 496 g/mol. The number of hydrogen-bond acceptors (Lipinski definition) is 7. The SMILES string of the molecule is CC1(NC(=O)c2cn3cc(Oc4ncccc4OCC(F)(F)F)cc(F)c3n2)CCS(=O)(=O)CC1. The molecule has 14 heteroatoms. The number of rotatable bonds is 6. The number of pyridine rings is 2. The van der Waals surface area contributed by atoms with E-state index in [1.165, 1.54) is 35.1 Å². The van der Waals surface area contributed by atoms with Crippen LogP contribution in [-0.4, -0.2) is 58.5 Å². The zero-order chi connectivity index (χ0) is 25.4. The highest BCUT2D eigenvalue weighted by Gasteiger charge is 2.35. The molecule has 0 bridgehead atoms. The zero-order valence-corrected chi connectivity index (χ0v) is 19.1. The van der Waals surface area contributed by atoms with Crippen molar-refractivity contribution in [2.24, 2.45) is 0 Å². The second kappa shape index (κ2) is 8.98. The number of aromatic nitrogens is 3. The fourth-order valence-corrected chi connectivity index (χ4v) is 5.21. The van der Waals surface area contributed by atoms with Gasteiger partial charge in [0.15, 0.2) is 23.8 Å². The molecule has 35 heavy (non-hydrogen) atoms. The van der Waals surface area contributed by atoms with Gasteiger partial charge in [-0.3, -0.25) is 4.79 Å². The van der Waals surface area contributed by atoms with Crippen LogP contribution < -0.4 is 14.8 Å². The van der Waals surface area contributed by atoms with Crippen molar-refractivity contribution in [3.8, 4) is 17.4 Å². The van der Waals surface area contributed by atoms with Crippen LogP contribution in [0.15, 0.2) is 36.8 Å². The Morgan fingerprint density at radius 3 is 2.66 bits per heavy atom. The lowest BCUT2D eigenvalue weighted by Gasteiger charge is -2.34. The minimum absolute atomic E-state index is 0.0491. The number of nitrogens with zero attached hydrogens (tertiary/aromatic N) is 3. The first-order valence-corrected chi connectivity index (χ1v) is 12.2. The van der Waals surface area contributed by atoms with Crippen LogP contribution in [0.5, 0.6) is 17.4 Å². The molecule has 0 spiro atoms. The summed E-state index contributed by atoms with van der Waals surface area (Å²) in [4.78, 5) is 20.6. The predicted octanol–water partition coefficient (Wildman–Crippen LogP) is 3.30. The van der Waals surface area contributed by atoms with E-state index in [0.717, 1.165) is 6.07 Å². The second-order valence-electron chi connectivity index (χ2n) is 8.36. The molecule has 4 heterocycles. The standard InChI is InChI=1S/C21H20F4N4O5S/c1-20(4-7-35(31,32)8-5-20)28-18(30)15-11-29-10-13(9-14(22)17(29)27-15)34-19-16(3-2-6-26-19)33-12-21(23,24)25/h2-3,6,9-11H,4-5,7-8,12H2,1H3,(H,28,30). The van der Waals surface area contributed by atoms with E-state index in [2.05, 4.69) is 15.3 Å². The van der Waals surface area contributed by atoms with Gasteiger partial charge in [-0.15, -0.1) is 0 Å². The van der Waals surface area contributed by atoms with E-state index in [-0.39, 0.29) is 53.1 Å². The van der Waals surface area contributed by atoms with Crippen molar-refractivity contribution < 1.29 is 40.2 Å². The van der Waals surface area contributed by atoms with Gasteiger partial charge in [-0.05, 0) is 31.9 Å². The Morgan fingerprint density at radius 2 is 1.97 bits per heavy atom. The van der Waals surface area contributed by atoms with E-state index in [1.807, 2.05) is 0 Å². The van der Waals surface area contributed by atoms with Gasteiger partial charge in [-0.1, -0.05) is 0 Å². The monoisotopic (exact) mass is 516 g/mol. The molecule has 4 rings (SSSR count). The molecule has 3 aromatic heterocycles. The van der Waals surface area contributed by atoms with E-state index in [4.69, 9.17) is 9.47 Å². The van der Waals surface area contributed by atoms with Crippen molar-refractivity contribution in [1.29, 1.82) is 0 Å². The van der Waals surface area contributed by atoms with Crippen LogP contribution in [-0.2, 0) is 9.84 Å². The number of amides is 1. The number of carbonyl (C=O) groups is 1. The second-order valence-corrected chi connectivity index (χ2v) is 10.7. The zero-order valence-electron chi connectivity index (χ0n) is 18.3. The van der Waals surface area contributed by atoms with E-state index in [0.29, 0.717) is 0 Å². The Balaban J connectivity index is 1.53. The largest absolute Gasteiger partial charge is 0.478 e. The Morgan fingerprint density at radius 1 is 1.26 bits per heavy atom. The third kappa shape index (κ3) is 5.99. The van der Waals surface area contributed by atoms with Crippen LogP contribution in [0.1, 0.15) is 30.3 Å². The highest BCUT2D eigenvalue weighted by molar-refractivity contribution is 7.91. The predicted molar refractivity (Wildman–Crippen MR) is 115 cm³/mol. The van der Waals surface area contributed by atoms with Gasteiger partial charge in [-0.2, -0.15) is 13.2 Å². The number of sulfone groups is 1. The van der Waals surface area contributed by atoms with Crippen molar-refractivity contribution in [3.05, 3.63) is 48.3 Å². The maximum absolute atomic E-state index is 14.7. The molecule has 1 aliphatic rings. The molecule has 0 radical (unpaired) electrons. The van der Waals surface area contributed by atoms with Crippen LogP contribution >= 0.6 is 0 Å². The summed E-state index contributed by atoms with van der Waals surface area (Å²) in [6.07, 6.45) is -0.300. The minimum atomic E-state index is -4.57. The number of fused-ring (bicyclic) bond motifs is 1. The molecule has 0 atom stereocenters. The van der Waals surface area contributed by atoms with Gasteiger partial charge < -0.3 is 19.2 Å². The maximum atomic E-state index is 14.7. The topological polar surface area (TPSA) is 112 Å². The Hall–Kier alpha value is -3.42.